The maximum Gasteiger partial charge on any atom is 0.338 e. The zero-order valence-electron chi connectivity index (χ0n) is 14.2. The first-order chi connectivity index (χ1) is 11.2. The van der Waals surface area contributed by atoms with E-state index in [1.807, 2.05) is 0 Å². The van der Waals surface area contributed by atoms with E-state index in [0.717, 1.165) is 19.1 Å². The molecule has 0 aliphatic carbocycles. The minimum absolute atomic E-state index is 0.130. The summed E-state index contributed by atoms with van der Waals surface area (Å²) in [7, 11) is -3.31. The van der Waals surface area contributed by atoms with E-state index in [2.05, 4.69) is 6.92 Å². The normalized spacial score (nSPS) is 17.4. The fourth-order valence-electron chi connectivity index (χ4n) is 2.60. The predicted molar refractivity (Wildman–Crippen MR) is 89.4 cm³/mol. The van der Waals surface area contributed by atoms with Crippen molar-refractivity contribution in [1.82, 2.24) is 4.90 Å². The molecule has 1 unspecified atom stereocenters. The Morgan fingerprint density at radius 2 is 1.71 bits per heavy atom. The van der Waals surface area contributed by atoms with E-state index in [9.17, 15) is 18.0 Å². The lowest BCUT2D eigenvalue weighted by atomic mass is 9.99. The number of sulfone groups is 1. The number of carbonyl (C=O) groups excluding carboxylic acids is 2. The Labute approximate surface area is 142 Å². The van der Waals surface area contributed by atoms with Gasteiger partial charge in [-0.25, -0.2) is 13.2 Å². The van der Waals surface area contributed by atoms with Crippen LogP contribution in [0.25, 0.3) is 0 Å². The quantitative estimate of drug-likeness (QED) is 0.772. The van der Waals surface area contributed by atoms with Crippen LogP contribution < -0.4 is 0 Å². The molecule has 0 saturated carbocycles. The Hall–Kier alpha value is -1.89. The third kappa shape index (κ3) is 4.56. The van der Waals surface area contributed by atoms with E-state index in [4.69, 9.17) is 4.74 Å². The van der Waals surface area contributed by atoms with Gasteiger partial charge >= 0.3 is 5.97 Å². The minimum atomic E-state index is -3.31. The molecule has 2 rings (SSSR count). The van der Waals surface area contributed by atoms with Crippen molar-refractivity contribution >= 4 is 21.7 Å². The first kappa shape index (κ1) is 18.4. The maximum atomic E-state index is 12.3. The molecule has 1 aromatic carbocycles. The molecule has 0 spiro atoms. The van der Waals surface area contributed by atoms with E-state index in [1.54, 1.807) is 11.8 Å². The summed E-state index contributed by atoms with van der Waals surface area (Å²) in [5.41, 5.74) is 0.217. The van der Waals surface area contributed by atoms with Crippen LogP contribution in [-0.4, -0.2) is 50.6 Å². The minimum Gasteiger partial charge on any atom is -0.449 e. The average molecular weight is 353 g/mol. The molecular weight excluding hydrogens is 330 g/mol. The number of hydrogen-bond acceptors (Lipinski definition) is 5. The van der Waals surface area contributed by atoms with E-state index in [1.165, 1.54) is 24.3 Å². The van der Waals surface area contributed by atoms with Crippen molar-refractivity contribution in [3.63, 3.8) is 0 Å². The smallest absolute Gasteiger partial charge is 0.338 e. The average Bonchev–Trinajstić information content (AvgIpc) is 2.54. The fourth-order valence-corrected chi connectivity index (χ4v) is 3.23. The Bertz CT molecular complexity index is 703. The lowest BCUT2D eigenvalue weighted by Crippen LogP contribution is -2.44. The van der Waals surface area contributed by atoms with Crippen molar-refractivity contribution in [3.05, 3.63) is 29.8 Å². The predicted octanol–water partition coefficient (Wildman–Crippen LogP) is 1.89. The highest BCUT2D eigenvalue weighted by molar-refractivity contribution is 7.90. The van der Waals surface area contributed by atoms with Gasteiger partial charge in [0.15, 0.2) is 15.9 Å². The second-order valence-corrected chi connectivity index (χ2v) is 8.37. The SMILES string of the molecule is CC1CCN(C(=O)C(C)OC(=O)c2ccc(S(C)(=O)=O)cc2)CC1. The molecule has 1 aliphatic heterocycles. The van der Waals surface area contributed by atoms with Gasteiger partial charge in [0, 0.05) is 19.3 Å². The van der Waals surface area contributed by atoms with Gasteiger partial charge in [0.1, 0.15) is 0 Å². The number of likely N-dealkylation sites (tertiary alicyclic amines) is 1. The van der Waals surface area contributed by atoms with Gasteiger partial charge in [0.05, 0.1) is 10.5 Å². The van der Waals surface area contributed by atoms with Crippen LogP contribution in [0.5, 0.6) is 0 Å². The molecule has 1 aliphatic rings. The van der Waals surface area contributed by atoms with E-state index < -0.39 is 21.9 Å². The summed E-state index contributed by atoms with van der Waals surface area (Å²) < 4.78 is 28.0. The molecule has 0 bridgehead atoms. The van der Waals surface area contributed by atoms with E-state index >= 15 is 0 Å². The lowest BCUT2D eigenvalue weighted by Gasteiger charge is -2.31. The van der Waals surface area contributed by atoms with Gasteiger partial charge in [-0.15, -0.1) is 0 Å². The van der Waals surface area contributed by atoms with Crippen LogP contribution in [-0.2, 0) is 19.4 Å². The summed E-state index contributed by atoms with van der Waals surface area (Å²) in [5.74, 6) is -0.218. The molecule has 0 aromatic heterocycles. The van der Waals surface area contributed by atoms with Gasteiger partial charge in [-0.3, -0.25) is 4.79 Å². The van der Waals surface area contributed by atoms with Crippen molar-refractivity contribution in [2.24, 2.45) is 5.92 Å². The second kappa shape index (κ2) is 7.34. The van der Waals surface area contributed by atoms with Crippen molar-refractivity contribution in [2.75, 3.05) is 19.3 Å². The van der Waals surface area contributed by atoms with Crippen LogP contribution in [0.15, 0.2) is 29.2 Å². The third-order valence-corrected chi connectivity index (χ3v) is 5.37. The zero-order chi connectivity index (χ0) is 17.9. The molecular formula is C17H23NO5S. The summed E-state index contributed by atoms with van der Waals surface area (Å²) in [6.45, 7) is 5.09. The van der Waals surface area contributed by atoms with Crippen LogP contribution in [0.2, 0.25) is 0 Å². The summed E-state index contributed by atoms with van der Waals surface area (Å²) in [6, 6.07) is 5.48. The number of benzene rings is 1. The number of rotatable bonds is 4. The molecule has 1 aromatic rings. The Morgan fingerprint density at radius 1 is 1.17 bits per heavy atom. The summed E-state index contributed by atoms with van der Waals surface area (Å²) in [5, 5.41) is 0. The van der Waals surface area contributed by atoms with Crippen molar-refractivity contribution < 1.29 is 22.7 Å². The molecule has 0 N–H and O–H groups in total. The summed E-state index contributed by atoms with van der Waals surface area (Å²) >= 11 is 0. The van der Waals surface area contributed by atoms with Crippen molar-refractivity contribution in [1.29, 1.82) is 0 Å². The van der Waals surface area contributed by atoms with E-state index in [0.29, 0.717) is 19.0 Å². The number of ether oxygens (including phenoxy) is 1. The molecule has 1 saturated heterocycles. The van der Waals surface area contributed by atoms with Crippen molar-refractivity contribution in [3.8, 4) is 0 Å². The number of hydrogen-bond donors (Lipinski definition) is 0. The Balaban J connectivity index is 1.97. The zero-order valence-corrected chi connectivity index (χ0v) is 15.0. The molecule has 24 heavy (non-hydrogen) atoms. The standard InChI is InChI=1S/C17H23NO5S/c1-12-8-10-18(11-9-12)16(19)13(2)23-17(20)14-4-6-15(7-5-14)24(3,21)22/h4-7,12-13H,8-11H2,1-3H3. The monoisotopic (exact) mass is 353 g/mol. The molecule has 1 atom stereocenters. The maximum absolute atomic E-state index is 12.3. The van der Waals surface area contributed by atoms with Crippen LogP contribution in [0.3, 0.4) is 0 Å². The van der Waals surface area contributed by atoms with Gasteiger partial charge in [-0.2, -0.15) is 0 Å². The molecule has 6 nitrogen and oxygen atoms in total. The largest absolute Gasteiger partial charge is 0.449 e. The topological polar surface area (TPSA) is 80.8 Å². The van der Waals surface area contributed by atoms with Crippen LogP contribution in [0.4, 0.5) is 0 Å². The lowest BCUT2D eigenvalue weighted by molar-refractivity contribution is -0.141. The molecule has 1 heterocycles. The van der Waals surface area contributed by atoms with Crippen LogP contribution in [0.1, 0.15) is 37.0 Å². The summed E-state index contributed by atoms with van der Waals surface area (Å²) in [4.78, 5) is 26.3. The highest BCUT2D eigenvalue weighted by Gasteiger charge is 2.27. The summed E-state index contributed by atoms with van der Waals surface area (Å²) in [6.07, 6.45) is 2.15. The molecule has 0 radical (unpaired) electrons. The fraction of sp³-hybridized carbons (Fsp3) is 0.529. The van der Waals surface area contributed by atoms with Gasteiger partial charge in [-0.1, -0.05) is 6.92 Å². The van der Waals surface area contributed by atoms with Crippen molar-refractivity contribution in [2.45, 2.75) is 37.7 Å². The molecule has 132 valence electrons. The first-order valence-electron chi connectivity index (χ1n) is 7.98. The molecule has 7 heteroatoms. The van der Waals surface area contributed by atoms with Gasteiger partial charge in [0.2, 0.25) is 0 Å². The van der Waals surface area contributed by atoms with Crippen LogP contribution in [0, 0.1) is 5.92 Å². The van der Waals surface area contributed by atoms with Crippen LogP contribution >= 0.6 is 0 Å². The number of piperidine rings is 1. The van der Waals surface area contributed by atoms with Gasteiger partial charge in [0.25, 0.3) is 5.91 Å². The molecule has 1 fully saturated rings. The number of nitrogens with zero attached hydrogens (tertiary/aromatic N) is 1. The molecule has 1 amide bonds. The third-order valence-electron chi connectivity index (χ3n) is 4.25. The number of carbonyl (C=O) groups is 2. The van der Waals surface area contributed by atoms with Gasteiger partial charge < -0.3 is 9.64 Å². The second-order valence-electron chi connectivity index (χ2n) is 6.35. The number of amides is 1. The van der Waals surface area contributed by atoms with Gasteiger partial charge in [-0.05, 0) is 49.9 Å². The Kier molecular flexibility index (Phi) is 5.64. The van der Waals surface area contributed by atoms with E-state index in [-0.39, 0.29) is 16.4 Å². The highest BCUT2D eigenvalue weighted by atomic mass is 32.2. The number of esters is 1. The Morgan fingerprint density at radius 3 is 2.21 bits per heavy atom. The first-order valence-corrected chi connectivity index (χ1v) is 9.87. The highest BCUT2D eigenvalue weighted by Crippen LogP contribution is 2.18.